The summed E-state index contributed by atoms with van der Waals surface area (Å²) < 4.78 is 10.8. The predicted molar refractivity (Wildman–Crippen MR) is 98.2 cm³/mol. The Labute approximate surface area is 150 Å². The SMILES string of the molecule is CCCN1C[C@H]2CC[C@@H]1CN(C(=O)Cc1cccc(OC)c1OC)C2. The topological polar surface area (TPSA) is 42.0 Å². The van der Waals surface area contributed by atoms with Gasteiger partial charge < -0.3 is 14.4 Å². The van der Waals surface area contributed by atoms with Crippen molar-refractivity contribution in [2.45, 2.75) is 38.6 Å². The molecule has 4 rings (SSSR count). The van der Waals surface area contributed by atoms with Gasteiger partial charge in [-0.2, -0.15) is 0 Å². The van der Waals surface area contributed by atoms with Gasteiger partial charge in [0, 0.05) is 31.2 Å². The predicted octanol–water partition coefficient (Wildman–Crippen LogP) is 2.58. The number of carbonyl (C=O) groups excluding carboxylic acids is 1. The summed E-state index contributed by atoms with van der Waals surface area (Å²) in [5.74, 6) is 2.16. The molecule has 1 amide bonds. The fourth-order valence-corrected chi connectivity index (χ4v) is 4.31. The van der Waals surface area contributed by atoms with E-state index in [0.717, 1.165) is 31.7 Å². The molecular weight excluding hydrogens is 316 g/mol. The van der Waals surface area contributed by atoms with Crippen molar-refractivity contribution >= 4 is 5.91 Å². The van der Waals surface area contributed by atoms with Gasteiger partial charge in [-0.15, -0.1) is 0 Å². The molecule has 0 saturated carbocycles. The summed E-state index contributed by atoms with van der Waals surface area (Å²) in [6.45, 7) is 6.28. The van der Waals surface area contributed by atoms with E-state index in [0.29, 0.717) is 29.9 Å². The number of para-hydroxylation sites is 1. The molecule has 5 heteroatoms. The zero-order valence-electron chi connectivity index (χ0n) is 15.7. The average Bonchev–Trinajstić information content (AvgIpc) is 2.93. The Hall–Kier alpha value is -1.75. The third kappa shape index (κ3) is 3.92. The van der Waals surface area contributed by atoms with Crippen LogP contribution in [-0.4, -0.2) is 62.1 Å². The molecule has 3 aliphatic heterocycles. The number of carbonyl (C=O) groups is 1. The Balaban J connectivity index is 1.72. The molecule has 25 heavy (non-hydrogen) atoms. The number of fused-ring (bicyclic) bond motifs is 4. The number of nitrogens with zero attached hydrogens (tertiary/aromatic N) is 2. The highest BCUT2D eigenvalue weighted by atomic mass is 16.5. The molecule has 3 aliphatic rings. The summed E-state index contributed by atoms with van der Waals surface area (Å²) in [6, 6.07) is 6.25. The molecular formula is C20H30N2O3. The second kappa shape index (κ2) is 8.09. The molecule has 0 aliphatic carbocycles. The van der Waals surface area contributed by atoms with Crippen LogP contribution in [0.25, 0.3) is 0 Å². The number of ether oxygens (including phenoxy) is 2. The van der Waals surface area contributed by atoms with Crippen LogP contribution in [-0.2, 0) is 11.2 Å². The zero-order valence-corrected chi connectivity index (χ0v) is 15.7. The Morgan fingerprint density at radius 3 is 2.72 bits per heavy atom. The molecule has 0 unspecified atom stereocenters. The zero-order chi connectivity index (χ0) is 17.8. The molecule has 1 aromatic rings. The van der Waals surface area contributed by atoms with E-state index in [-0.39, 0.29) is 5.91 Å². The summed E-state index contributed by atoms with van der Waals surface area (Å²) in [7, 11) is 3.25. The van der Waals surface area contributed by atoms with Gasteiger partial charge in [-0.25, -0.2) is 0 Å². The van der Waals surface area contributed by atoms with Crippen molar-refractivity contribution in [2.75, 3.05) is 40.4 Å². The quantitative estimate of drug-likeness (QED) is 0.794. The molecule has 3 saturated heterocycles. The van der Waals surface area contributed by atoms with E-state index < -0.39 is 0 Å². The molecule has 2 bridgehead atoms. The van der Waals surface area contributed by atoms with E-state index in [9.17, 15) is 4.79 Å². The van der Waals surface area contributed by atoms with Crippen LogP contribution in [0, 0.1) is 5.92 Å². The van der Waals surface area contributed by atoms with E-state index in [1.165, 1.54) is 19.3 Å². The van der Waals surface area contributed by atoms with Crippen molar-refractivity contribution in [1.29, 1.82) is 0 Å². The van der Waals surface area contributed by atoms with Gasteiger partial charge in [0.1, 0.15) is 0 Å². The smallest absolute Gasteiger partial charge is 0.227 e. The highest BCUT2D eigenvalue weighted by Crippen LogP contribution is 2.32. The van der Waals surface area contributed by atoms with E-state index in [1.54, 1.807) is 14.2 Å². The number of methoxy groups -OCH3 is 2. The Bertz CT molecular complexity index is 605. The van der Waals surface area contributed by atoms with Gasteiger partial charge in [0.2, 0.25) is 5.91 Å². The molecule has 3 heterocycles. The lowest BCUT2D eigenvalue weighted by Gasteiger charge is -2.35. The molecule has 0 spiro atoms. The maximum absolute atomic E-state index is 13.0. The van der Waals surface area contributed by atoms with Gasteiger partial charge in [-0.05, 0) is 37.8 Å². The van der Waals surface area contributed by atoms with E-state index in [2.05, 4.69) is 16.7 Å². The molecule has 1 aromatic carbocycles. The molecule has 5 nitrogen and oxygen atoms in total. The van der Waals surface area contributed by atoms with E-state index in [1.807, 2.05) is 18.2 Å². The maximum Gasteiger partial charge on any atom is 0.227 e. The minimum absolute atomic E-state index is 0.196. The minimum Gasteiger partial charge on any atom is -0.493 e. The van der Waals surface area contributed by atoms with Crippen molar-refractivity contribution < 1.29 is 14.3 Å². The van der Waals surface area contributed by atoms with Gasteiger partial charge in [0.25, 0.3) is 0 Å². The van der Waals surface area contributed by atoms with Gasteiger partial charge >= 0.3 is 0 Å². The van der Waals surface area contributed by atoms with Crippen LogP contribution >= 0.6 is 0 Å². The lowest BCUT2D eigenvalue weighted by atomic mass is 9.95. The summed E-state index contributed by atoms with van der Waals surface area (Å²) in [4.78, 5) is 17.7. The Kier molecular flexibility index (Phi) is 5.84. The largest absolute Gasteiger partial charge is 0.493 e. The lowest BCUT2D eigenvalue weighted by molar-refractivity contribution is -0.130. The fourth-order valence-electron chi connectivity index (χ4n) is 4.31. The third-order valence-corrected chi connectivity index (χ3v) is 5.52. The van der Waals surface area contributed by atoms with Crippen LogP contribution in [0.2, 0.25) is 0 Å². The van der Waals surface area contributed by atoms with Crippen molar-refractivity contribution in [3.63, 3.8) is 0 Å². The van der Waals surface area contributed by atoms with Crippen LogP contribution in [0.3, 0.4) is 0 Å². The van der Waals surface area contributed by atoms with Crippen LogP contribution in [0.1, 0.15) is 31.7 Å². The monoisotopic (exact) mass is 346 g/mol. The number of benzene rings is 1. The van der Waals surface area contributed by atoms with Crippen LogP contribution in [0.4, 0.5) is 0 Å². The minimum atomic E-state index is 0.196. The number of rotatable bonds is 6. The third-order valence-electron chi connectivity index (χ3n) is 5.52. The van der Waals surface area contributed by atoms with E-state index in [4.69, 9.17) is 9.47 Å². The first kappa shape index (κ1) is 18.1. The fraction of sp³-hybridized carbons (Fsp3) is 0.650. The number of hydrogen-bond acceptors (Lipinski definition) is 4. The molecule has 0 N–H and O–H groups in total. The van der Waals surface area contributed by atoms with Crippen LogP contribution < -0.4 is 9.47 Å². The number of hydrogen-bond donors (Lipinski definition) is 0. The second-order valence-electron chi connectivity index (χ2n) is 7.22. The first-order valence-corrected chi connectivity index (χ1v) is 9.38. The molecule has 0 aromatic heterocycles. The average molecular weight is 346 g/mol. The van der Waals surface area contributed by atoms with Crippen LogP contribution in [0.15, 0.2) is 18.2 Å². The standard InChI is InChI=1S/C20H30N2O3/c1-4-10-21-12-15-8-9-17(21)14-22(13-15)19(23)11-16-6-5-7-18(24-2)20(16)25-3/h5-7,15,17H,4,8-14H2,1-3H3/t15-,17-/m1/s1. The van der Waals surface area contributed by atoms with Crippen molar-refractivity contribution in [3.05, 3.63) is 23.8 Å². The summed E-state index contributed by atoms with van der Waals surface area (Å²) in [5, 5.41) is 0. The molecule has 138 valence electrons. The lowest BCUT2D eigenvalue weighted by Crippen LogP contribution is -2.44. The second-order valence-corrected chi connectivity index (χ2v) is 7.22. The highest BCUT2D eigenvalue weighted by molar-refractivity contribution is 5.80. The van der Waals surface area contributed by atoms with Crippen LogP contribution in [0.5, 0.6) is 11.5 Å². The van der Waals surface area contributed by atoms with Gasteiger partial charge in [0.05, 0.1) is 20.6 Å². The maximum atomic E-state index is 13.0. The highest BCUT2D eigenvalue weighted by Gasteiger charge is 2.36. The summed E-state index contributed by atoms with van der Waals surface area (Å²) >= 11 is 0. The number of piperidine rings is 1. The first-order valence-electron chi connectivity index (χ1n) is 9.38. The summed E-state index contributed by atoms with van der Waals surface area (Å²) in [6.07, 6.45) is 4.01. The Morgan fingerprint density at radius 1 is 1.16 bits per heavy atom. The van der Waals surface area contributed by atoms with E-state index >= 15 is 0 Å². The Morgan fingerprint density at radius 2 is 2.00 bits per heavy atom. The molecule has 0 radical (unpaired) electrons. The van der Waals surface area contributed by atoms with Gasteiger partial charge in [0.15, 0.2) is 11.5 Å². The summed E-state index contributed by atoms with van der Waals surface area (Å²) in [5.41, 5.74) is 0.897. The van der Waals surface area contributed by atoms with Crippen molar-refractivity contribution in [3.8, 4) is 11.5 Å². The number of amides is 1. The molecule has 2 atom stereocenters. The first-order chi connectivity index (χ1) is 12.2. The molecule has 3 fully saturated rings. The van der Waals surface area contributed by atoms with Crippen molar-refractivity contribution in [1.82, 2.24) is 9.80 Å². The van der Waals surface area contributed by atoms with Gasteiger partial charge in [-0.3, -0.25) is 9.69 Å². The normalized spacial score (nSPS) is 23.4. The van der Waals surface area contributed by atoms with Gasteiger partial charge in [-0.1, -0.05) is 19.1 Å². The van der Waals surface area contributed by atoms with Crippen molar-refractivity contribution in [2.24, 2.45) is 5.92 Å².